The minimum absolute atomic E-state index is 0.103. The van der Waals surface area contributed by atoms with Gasteiger partial charge in [-0.05, 0) is 18.6 Å². The number of imidazole rings is 1. The number of carbonyl (C=O) groups is 3. The van der Waals surface area contributed by atoms with Gasteiger partial charge in [-0.25, -0.2) is 13.8 Å². The van der Waals surface area contributed by atoms with Crippen LogP contribution in [0.2, 0.25) is 0 Å². The van der Waals surface area contributed by atoms with E-state index < -0.39 is 36.0 Å². The van der Waals surface area contributed by atoms with E-state index in [4.69, 9.17) is 0 Å². The third kappa shape index (κ3) is 2.89. The largest absolute Gasteiger partial charge is 0.340 e. The number of para-hydroxylation sites is 1. The van der Waals surface area contributed by atoms with Gasteiger partial charge in [-0.1, -0.05) is 6.07 Å². The summed E-state index contributed by atoms with van der Waals surface area (Å²) in [5.74, 6) is -2.10. The number of H-pyrrole nitrogens is 1. The highest BCUT2D eigenvalue weighted by atomic mass is 19.3. The summed E-state index contributed by atoms with van der Waals surface area (Å²) in [5.41, 5.74) is 0.510. The number of nitrogens with one attached hydrogen (secondary N) is 3. The number of imide groups is 1. The van der Waals surface area contributed by atoms with Crippen LogP contribution in [-0.4, -0.2) is 33.7 Å². The fraction of sp³-hybridized carbons (Fsp3) is 0.286. The number of hydrogen-bond acceptors (Lipinski definition) is 4. The van der Waals surface area contributed by atoms with Gasteiger partial charge in [-0.15, -0.1) is 0 Å². The van der Waals surface area contributed by atoms with Crippen molar-refractivity contribution in [2.24, 2.45) is 0 Å². The van der Waals surface area contributed by atoms with E-state index in [1.165, 1.54) is 18.2 Å². The Morgan fingerprint density at radius 2 is 2.13 bits per heavy atom. The van der Waals surface area contributed by atoms with E-state index in [0.717, 1.165) is 0 Å². The molecule has 1 unspecified atom stereocenters. The molecule has 7 nitrogen and oxygen atoms in total. The first-order chi connectivity index (χ1) is 11.0. The molecule has 0 radical (unpaired) electrons. The lowest BCUT2D eigenvalue weighted by Gasteiger charge is -2.21. The Labute approximate surface area is 128 Å². The fourth-order valence-electron chi connectivity index (χ4n) is 2.41. The number of alkyl halides is 2. The molecule has 0 bridgehead atoms. The van der Waals surface area contributed by atoms with E-state index in [-0.39, 0.29) is 29.4 Å². The van der Waals surface area contributed by atoms with E-state index in [0.29, 0.717) is 0 Å². The van der Waals surface area contributed by atoms with Gasteiger partial charge in [-0.2, -0.15) is 0 Å². The van der Waals surface area contributed by atoms with Gasteiger partial charge in [-0.3, -0.25) is 19.7 Å². The van der Waals surface area contributed by atoms with Gasteiger partial charge >= 0.3 is 0 Å². The lowest BCUT2D eigenvalue weighted by atomic mass is 10.1. The average Bonchev–Trinajstić information content (AvgIpc) is 2.94. The molecule has 1 aliphatic rings. The van der Waals surface area contributed by atoms with Crippen molar-refractivity contribution < 1.29 is 23.2 Å². The Morgan fingerprint density at radius 1 is 1.35 bits per heavy atom. The lowest BCUT2D eigenvalue weighted by Crippen LogP contribution is -2.52. The van der Waals surface area contributed by atoms with Gasteiger partial charge in [0.25, 0.3) is 12.3 Å². The van der Waals surface area contributed by atoms with Gasteiger partial charge in [0.1, 0.15) is 6.04 Å². The summed E-state index contributed by atoms with van der Waals surface area (Å²) in [4.78, 5) is 41.2. The Morgan fingerprint density at radius 3 is 2.83 bits per heavy atom. The summed E-state index contributed by atoms with van der Waals surface area (Å²) in [7, 11) is 0. The fourth-order valence-corrected chi connectivity index (χ4v) is 2.41. The standard InChI is InChI=1S/C14H12F2N4O3/c15-11(16)12-17-7-3-1-2-6(10(7)20-12)13(22)18-8-4-5-9(21)19-14(8)23/h1-3,8,11H,4-5H2,(H,17,20)(H,18,22)(H,19,21,23). The predicted octanol–water partition coefficient (Wildman–Crippen LogP) is 1.04. The molecule has 1 atom stereocenters. The third-order valence-electron chi connectivity index (χ3n) is 3.53. The first-order valence-corrected chi connectivity index (χ1v) is 6.87. The zero-order valence-corrected chi connectivity index (χ0v) is 11.7. The first kappa shape index (κ1) is 15.1. The molecule has 1 fully saturated rings. The minimum Gasteiger partial charge on any atom is -0.340 e. The number of carbonyl (C=O) groups excluding carboxylic acids is 3. The molecule has 0 saturated carbocycles. The first-order valence-electron chi connectivity index (χ1n) is 6.87. The van der Waals surface area contributed by atoms with E-state index in [1.54, 1.807) is 0 Å². The molecule has 1 aliphatic heterocycles. The molecule has 23 heavy (non-hydrogen) atoms. The molecule has 1 saturated heterocycles. The number of halogens is 2. The summed E-state index contributed by atoms with van der Waals surface area (Å²) in [5, 5.41) is 4.63. The average molecular weight is 322 g/mol. The van der Waals surface area contributed by atoms with Crippen molar-refractivity contribution in [1.29, 1.82) is 0 Å². The zero-order valence-electron chi connectivity index (χ0n) is 11.7. The summed E-state index contributed by atoms with van der Waals surface area (Å²) < 4.78 is 25.4. The maximum absolute atomic E-state index is 12.7. The second kappa shape index (κ2) is 5.75. The van der Waals surface area contributed by atoms with Crippen LogP contribution in [0.3, 0.4) is 0 Å². The number of benzene rings is 1. The van der Waals surface area contributed by atoms with Crippen LogP contribution >= 0.6 is 0 Å². The molecule has 3 N–H and O–H groups in total. The van der Waals surface area contributed by atoms with Crippen LogP contribution in [0.1, 0.15) is 35.4 Å². The van der Waals surface area contributed by atoms with Crippen LogP contribution in [0.4, 0.5) is 8.78 Å². The monoisotopic (exact) mass is 322 g/mol. The molecule has 1 aromatic heterocycles. The van der Waals surface area contributed by atoms with Crippen molar-refractivity contribution in [3.05, 3.63) is 29.6 Å². The molecule has 1 aromatic carbocycles. The van der Waals surface area contributed by atoms with Crippen molar-refractivity contribution in [3.63, 3.8) is 0 Å². The van der Waals surface area contributed by atoms with Crippen molar-refractivity contribution in [2.75, 3.05) is 0 Å². The van der Waals surface area contributed by atoms with Gasteiger partial charge in [0, 0.05) is 6.42 Å². The molecule has 3 amide bonds. The molecular formula is C14H12F2N4O3. The maximum atomic E-state index is 12.7. The van der Waals surface area contributed by atoms with Crippen molar-refractivity contribution in [3.8, 4) is 0 Å². The number of nitrogens with zero attached hydrogens (tertiary/aromatic N) is 1. The topological polar surface area (TPSA) is 104 Å². The molecule has 2 heterocycles. The Bertz CT molecular complexity index is 802. The number of piperidine rings is 1. The molecule has 0 aliphatic carbocycles. The Hall–Kier alpha value is -2.84. The number of aromatic nitrogens is 2. The summed E-state index contributed by atoms with van der Waals surface area (Å²) in [6, 6.07) is 3.61. The summed E-state index contributed by atoms with van der Waals surface area (Å²) >= 11 is 0. The molecular weight excluding hydrogens is 310 g/mol. The predicted molar refractivity (Wildman–Crippen MR) is 74.7 cm³/mol. The second-order valence-electron chi connectivity index (χ2n) is 5.10. The molecule has 2 aromatic rings. The van der Waals surface area contributed by atoms with Gasteiger partial charge < -0.3 is 10.3 Å². The van der Waals surface area contributed by atoms with E-state index in [1.807, 2.05) is 0 Å². The number of fused-ring (bicyclic) bond motifs is 1. The number of rotatable bonds is 3. The normalized spacial score (nSPS) is 18.3. The van der Waals surface area contributed by atoms with Gasteiger partial charge in [0.15, 0.2) is 5.82 Å². The zero-order chi connectivity index (χ0) is 16.6. The third-order valence-corrected chi connectivity index (χ3v) is 3.53. The molecule has 120 valence electrons. The van der Waals surface area contributed by atoms with Gasteiger partial charge in [0.2, 0.25) is 11.8 Å². The SMILES string of the molecule is O=C1CCC(NC(=O)c2cccc3nc(C(F)F)[nH]c23)C(=O)N1. The number of amides is 3. The highest BCUT2D eigenvalue weighted by molar-refractivity contribution is 6.08. The van der Waals surface area contributed by atoms with Crippen molar-refractivity contribution in [1.82, 2.24) is 20.6 Å². The van der Waals surface area contributed by atoms with Crippen LogP contribution in [0.25, 0.3) is 11.0 Å². The molecule has 0 spiro atoms. The quantitative estimate of drug-likeness (QED) is 0.734. The maximum Gasteiger partial charge on any atom is 0.295 e. The van der Waals surface area contributed by atoms with Crippen LogP contribution in [0.5, 0.6) is 0 Å². The second-order valence-corrected chi connectivity index (χ2v) is 5.10. The van der Waals surface area contributed by atoms with Crippen LogP contribution in [-0.2, 0) is 9.59 Å². The Kier molecular flexibility index (Phi) is 3.77. The Balaban J connectivity index is 1.86. The van der Waals surface area contributed by atoms with Crippen LogP contribution < -0.4 is 10.6 Å². The van der Waals surface area contributed by atoms with E-state index in [2.05, 4.69) is 20.6 Å². The van der Waals surface area contributed by atoms with Crippen molar-refractivity contribution in [2.45, 2.75) is 25.3 Å². The lowest BCUT2D eigenvalue weighted by molar-refractivity contribution is -0.134. The van der Waals surface area contributed by atoms with Crippen molar-refractivity contribution >= 4 is 28.8 Å². The molecule has 3 rings (SSSR count). The van der Waals surface area contributed by atoms with E-state index >= 15 is 0 Å². The smallest absolute Gasteiger partial charge is 0.295 e. The van der Waals surface area contributed by atoms with Gasteiger partial charge in [0.05, 0.1) is 16.6 Å². The van der Waals surface area contributed by atoms with Crippen LogP contribution in [0.15, 0.2) is 18.2 Å². The summed E-state index contributed by atoms with van der Waals surface area (Å²) in [6.07, 6.45) is -2.47. The highest BCUT2D eigenvalue weighted by Crippen LogP contribution is 2.22. The summed E-state index contributed by atoms with van der Waals surface area (Å²) in [6.45, 7) is 0. The van der Waals surface area contributed by atoms with Crippen LogP contribution in [0, 0.1) is 0 Å². The van der Waals surface area contributed by atoms with E-state index in [9.17, 15) is 23.2 Å². The molecule has 9 heteroatoms. The number of aromatic amines is 1. The highest BCUT2D eigenvalue weighted by Gasteiger charge is 2.28. The minimum atomic E-state index is -2.78. The number of hydrogen-bond donors (Lipinski definition) is 3.